The third-order valence-electron chi connectivity index (χ3n) is 4.80. The minimum atomic E-state index is -0.655. The predicted molar refractivity (Wildman–Crippen MR) is 101 cm³/mol. The molecule has 2 aromatic rings. The molecule has 2 atom stereocenters. The van der Waals surface area contributed by atoms with E-state index in [-0.39, 0.29) is 37.5 Å². The van der Waals surface area contributed by atoms with E-state index in [2.05, 4.69) is 11.4 Å². The van der Waals surface area contributed by atoms with Crippen molar-refractivity contribution in [1.29, 1.82) is 0 Å². The largest absolute Gasteiger partial charge is 0.389 e. The number of nitrogens with one attached hydrogen (secondary N) is 1. The number of ether oxygens (including phenoxy) is 1. The Hall–Kier alpha value is -2.28. The van der Waals surface area contributed by atoms with Crippen molar-refractivity contribution in [3.05, 3.63) is 71.0 Å². The monoisotopic (exact) mass is 372 g/mol. The van der Waals surface area contributed by atoms with E-state index in [4.69, 9.17) is 4.74 Å². The van der Waals surface area contributed by atoms with Gasteiger partial charge < -0.3 is 20.1 Å². The van der Waals surface area contributed by atoms with E-state index in [1.54, 1.807) is 12.1 Å². The zero-order chi connectivity index (χ0) is 19.2. The van der Waals surface area contributed by atoms with Gasteiger partial charge in [0.25, 0.3) is 0 Å². The van der Waals surface area contributed by atoms with Crippen LogP contribution in [0.15, 0.2) is 48.5 Å². The van der Waals surface area contributed by atoms with E-state index in [9.17, 15) is 14.3 Å². The Kier molecular flexibility index (Phi) is 6.55. The molecule has 1 aliphatic rings. The second kappa shape index (κ2) is 9.08. The Balaban J connectivity index is 1.78. The van der Waals surface area contributed by atoms with Gasteiger partial charge in [-0.05, 0) is 35.2 Å². The normalized spacial score (nSPS) is 17.4. The maximum atomic E-state index is 13.4. The lowest BCUT2D eigenvalue weighted by atomic mass is 9.88. The predicted octanol–water partition coefficient (Wildman–Crippen LogP) is 1.90. The Bertz CT molecular complexity index is 766. The van der Waals surface area contributed by atoms with Crippen LogP contribution in [0, 0.1) is 5.82 Å². The first-order valence-corrected chi connectivity index (χ1v) is 9.10. The number of aliphatic hydroxyl groups is 1. The topological polar surface area (TPSA) is 61.8 Å². The molecule has 27 heavy (non-hydrogen) atoms. The number of halogens is 1. The quantitative estimate of drug-likeness (QED) is 0.779. The first-order valence-electron chi connectivity index (χ1n) is 9.10. The summed E-state index contributed by atoms with van der Waals surface area (Å²) < 4.78 is 18.3. The van der Waals surface area contributed by atoms with Crippen molar-refractivity contribution in [3.8, 4) is 0 Å². The minimum Gasteiger partial charge on any atom is -0.389 e. The van der Waals surface area contributed by atoms with Gasteiger partial charge in [-0.1, -0.05) is 36.4 Å². The third-order valence-corrected chi connectivity index (χ3v) is 4.80. The zero-order valence-corrected chi connectivity index (χ0v) is 15.4. The third kappa shape index (κ3) is 4.71. The van der Waals surface area contributed by atoms with Gasteiger partial charge in [0.05, 0.1) is 25.3 Å². The molecule has 1 heterocycles. The van der Waals surface area contributed by atoms with Crippen LogP contribution in [-0.2, 0) is 16.0 Å². The van der Waals surface area contributed by atoms with Crippen molar-refractivity contribution in [1.82, 2.24) is 10.2 Å². The summed E-state index contributed by atoms with van der Waals surface area (Å²) in [6.07, 6.45) is 0.129. The van der Waals surface area contributed by atoms with E-state index in [1.807, 2.05) is 23.1 Å². The molecule has 0 aliphatic carbocycles. The van der Waals surface area contributed by atoms with Gasteiger partial charge >= 0.3 is 0 Å². The summed E-state index contributed by atoms with van der Waals surface area (Å²) in [5, 5.41) is 12.7. The van der Waals surface area contributed by atoms with Crippen LogP contribution in [0.5, 0.6) is 0 Å². The van der Waals surface area contributed by atoms with Gasteiger partial charge in [0, 0.05) is 20.2 Å². The number of fused-ring (bicyclic) bond motifs is 1. The number of benzene rings is 2. The summed E-state index contributed by atoms with van der Waals surface area (Å²) in [4.78, 5) is 14.7. The molecule has 0 spiro atoms. The van der Waals surface area contributed by atoms with E-state index >= 15 is 0 Å². The zero-order valence-electron chi connectivity index (χ0n) is 15.4. The molecule has 1 amide bonds. The average Bonchev–Trinajstić information content (AvgIpc) is 2.68. The summed E-state index contributed by atoms with van der Waals surface area (Å²) >= 11 is 0. The highest BCUT2D eigenvalue weighted by atomic mass is 19.1. The van der Waals surface area contributed by atoms with Crippen molar-refractivity contribution in [2.75, 3.05) is 33.4 Å². The molecule has 0 radical (unpaired) electrons. The first kappa shape index (κ1) is 19.5. The smallest absolute Gasteiger partial charge is 0.237 e. The van der Waals surface area contributed by atoms with Crippen molar-refractivity contribution in [3.63, 3.8) is 0 Å². The summed E-state index contributed by atoms with van der Waals surface area (Å²) in [7, 11) is 1.52. The molecular formula is C21H25FN2O3. The molecule has 5 nitrogen and oxygen atoms in total. The SMILES string of the molecule is COC[C@@H](O)CNCC(=O)N1CCc2ccccc2C1c1ccc(F)cc1. The number of hydrogen-bond donors (Lipinski definition) is 2. The van der Waals surface area contributed by atoms with Crippen LogP contribution in [0.1, 0.15) is 22.7 Å². The summed E-state index contributed by atoms with van der Waals surface area (Å²) in [5.74, 6) is -0.349. The number of rotatable bonds is 7. The van der Waals surface area contributed by atoms with Crippen LogP contribution in [0.25, 0.3) is 0 Å². The van der Waals surface area contributed by atoms with Gasteiger partial charge in [-0.15, -0.1) is 0 Å². The lowest BCUT2D eigenvalue weighted by Gasteiger charge is -2.38. The maximum Gasteiger partial charge on any atom is 0.237 e. The number of methoxy groups -OCH3 is 1. The van der Waals surface area contributed by atoms with E-state index in [0.717, 1.165) is 17.5 Å². The van der Waals surface area contributed by atoms with E-state index in [0.29, 0.717) is 6.54 Å². The number of carbonyl (C=O) groups excluding carboxylic acids is 1. The van der Waals surface area contributed by atoms with Gasteiger partial charge in [-0.2, -0.15) is 0 Å². The molecular weight excluding hydrogens is 347 g/mol. The fourth-order valence-electron chi connectivity index (χ4n) is 3.54. The molecule has 0 bridgehead atoms. The number of nitrogens with zero attached hydrogens (tertiary/aromatic N) is 1. The number of aliphatic hydroxyl groups excluding tert-OH is 1. The summed E-state index contributed by atoms with van der Waals surface area (Å²) in [6.45, 7) is 1.22. The van der Waals surface area contributed by atoms with Crippen molar-refractivity contribution in [2.24, 2.45) is 0 Å². The molecule has 3 rings (SSSR count). The maximum absolute atomic E-state index is 13.4. The van der Waals surface area contributed by atoms with Gasteiger partial charge in [-0.3, -0.25) is 4.79 Å². The van der Waals surface area contributed by atoms with Crippen molar-refractivity contribution in [2.45, 2.75) is 18.6 Å². The van der Waals surface area contributed by atoms with Gasteiger partial charge in [-0.25, -0.2) is 4.39 Å². The molecule has 1 unspecified atom stereocenters. The molecule has 0 fully saturated rings. The highest BCUT2D eigenvalue weighted by molar-refractivity contribution is 5.79. The lowest BCUT2D eigenvalue weighted by molar-refractivity contribution is -0.132. The summed E-state index contributed by atoms with van der Waals surface area (Å²) in [6, 6.07) is 14.1. The number of carbonyl (C=O) groups is 1. The average molecular weight is 372 g/mol. The molecule has 2 N–H and O–H groups in total. The Morgan fingerprint density at radius 2 is 2.04 bits per heavy atom. The van der Waals surface area contributed by atoms with Gasteiger partial charge in [0.15, 0.2) is 0 Å². The van der Waals surface area contributed by atoms with Crippen molar-refractivity contribution >= 4 is 5.91 Å². The Morgan fingerprint density at radius 3 is 2.78 bits per heavy atom. The fraction of sp³-hybridized carbons (Fsp3) is 0.381. The van der Waals surface area contributed by atoms with Gasteiger partial charge in [0.2, 0.25) is 5.91 Å². The molecule has 6 heteroatoms. The lowest BCUT2D eigenvalue weighted by Crippen LogP contribution is -2.45. The number of hydrogen-bond acceptors (Lipinski definition) is 4. The van der Waals surface area contributed by atoms with Crippen LogP contribution >= 0.6 is 0 Å². The van der Waals surface area contributed by atoms with Crippen LogP contribution in [0.2, 0.25) is 0 Å². The molecule has 2 aromatic carbocycles. The molecule has 0 saturated heterocycles. The Labute approximate surface area is 158 Å². The highest BCUT2D eigenvalue weighted by Crippen LogP contribution is 2.35. The highest BCUT2D eigenvalue weighted by Gasteiger charge is 2.31. The number of amides is 1. The fourth-order valence-corrected chi connectivity index (χ4v) is 3.54. The standard InChI is InChI=1S/C21H25FN2O3/c1-27-14-18(25)12-23-13-20(26)24-11-10-15-4-2-3-5-19(15)21(24)16-6-8-17(22)9-7-16/h2-9,18,21,23,25H,10-14H2,1H3/t18-,21?/m0/s1. The molecule has 0 saturated carbocycles. The van der Waals surface area contributed by atoms with Crippen LogP contribution in [0.3, 0.4) is 0 Å². The van der Waals surface area contributed by atoms with E-state index in [1.165, 1.54) is 24.8 Å². The van der Waals surface area contributed by atoms with Crippen LogP contribution in [0.4, 0.5) is 4.39 Å². The minimum absolute atomic E-state index is 0.0524. The van der Waals surface area contributed by atoms with Crippen LogP contribution < -0.4 is 5.32 Å². The van der Waals surface area contributed by atoms with E-state index < -0.39 is 6.10 Å². The van der Waals surface area contributed by atoms with Gasteiger partial charge in [0.1, 0.15) is 5.82 Å². The molecule has 0 aromatic heterocycles. The molecule has 144 valence electrons. The molecule has 1 aliphatic heterocycles. The first-order chi connectivity index (χ1) is 13.1. The second-order valence-electron chi connectivity index (χ2n) is 6.73. The Morgan fingerprint density at radius 1 is 1.30 bits per heavy atom. The van der Waals surface area contributed by atoms with Crippen molar-refractivity contribution < 1.29 is 19.0 Å². The second-order valence-corrected chi connectivity index (χ2v) is 6.73. The summed E-state index contributed by atoms with van der Waals surface area (Å²) in [5.41, 5.74) is 3.17. The van der Waals surface area contributed by atoms with Crippen LogP contribution in [-0.4, -0.2) is 55.4 Å².